The van der Waals surface area contributed by atoms with Crippen molar-refractivity contribution in [1.29, 1.82) is 0 Å². The molecule has 0 radical (unpaired) electrons. The van der Waals surface area contributed by atoms with Gasteiger partial charge in [-0.1, -0.05) is 30.3 Å². The zero-order valence-corrected chi connectivity index (χ0v) is 16.2. The Balaban J connectivity index is 1.58. The molecule has 5 heteroatoms. The van der Waals surface area contributed by atoms with Gasteiger partial charge in [-0.15, -0.1) is 0 Å². The highest BCUT2D eigenvalue weighted by atomic mass is 16.5. The van der Waals surface area contributed by atoms with Crippen LogP contribution < -0.4 is 10.1 Å². The number of benzene rings is 2. The van der Waals surface area contributed by atoms with Crippen molar-refractivity contribution in [2.24, 2.45) is 7.05 Å². The number of nitrogens with zero attached hydrogens (tertiary/aromatic N) is 2. The van der Waals surface area contributed by atoms with Crippen molar-refractivity contribution in [2.45, 2.75) is 33.9 Å². The van der Waals surface area contributed by atoms with Gasteiger partial charge in [0, 0.05) is 30.4 Å². The van der Waals surface area contributed by atoms with Crippen LogP contribution in [0.3, 0.4) is 0 Å². The second-order valence-electron chi connectivity index (χ2n) is 6.77. The molecule has 3 rings (SSSR count). The Hall–Kier alpha value is -3.08. The van der Waals surface area contributed by atoms with Crippen LogP contribution in [0.5, 0.6) is 5.75 Å². The first kappa shape index (κ1) is 18.7. The molecule has 1 heterocycles. The molecular formula is C22H25N3O2. The fourth-order valence-electron chi connectivity index (χ4n) is 2.93. The minimum absolute atomic E-state index is 0.0968. The topological polar surface area (TPSA) is 56.1 Å². The number of nitrogens with one attached hydrogen (secondary N) is 1. The number of carbonyl (C=O) groups excluding carboxylic acids is 1. The van der Waals surface area contributed by atoms with Crippen LogP contribution in [0.1, 0.15) is 38.3 Å². The van der Waals surface area contributed by atoms with Gasteiger partial charge in [-0.2, -0.15) is 5.10 Å². The van der Waals surface area contributed by atoms with E-state index >= 15 is 0 Å². The van der Waals surface area contributed by atoms with E-state index in [1.165, 1.54) is 0 Å². The Morgan fingerprint density at radius 2 is 1.74 bits per heavy atom. The largest absolute Gasteiger partial charge is 0.488 e. The quantitative estimate of drug-likeness (QED) is 0.724. The minimum Gasteiger partial charge on any atom is -0.488 e. The van der Waals surface area contributed by atoms with Crippen LogP contribution >= 0.6 is 0 Å². The van der Waals surface area contributed by atoms with Crippen molar-refractivity contribution in [1.82, 2.24) is 15.1 Å². The Morgan fingerprint density at radius 3 is 2.33 bits per heavy atom. The maximum Gasteiger partial charge on any atom is 0.251 e. The van der Waals surface area contributed by atoms with E-state index < -0.39 is 0 Å². The highest BCUT2D eigenvalue weighted by Gasteiger charge is 2.09. The maximum atomic E-state index is 12.3. The summed E-state index contributed by atoms with van der Waals surface area (Å²) in [5.41, 5.74) is 5.97. The average molecular weight is 363 g/mol. The van der Waals surface area contributed by atoms with Gasteiger partial charge in [-0.25, -0.2) is 0 Å². The summed E-state index contributed by atoms with van der Waals surface area (Å²) in [5, 5.41) is 7.13. The highest BCUT2D eigenvalue weighted by Crippen LogP contribution is 2.23. The molecule has 0 bridgehead atoms. The minimum atomic E-state index is -0.0968. The third-order valence-corrected chi connectivity index (χ3v) is 4.78. The lowest BCUT2D eigenvalue weighted by Crippen LogP contribution is -2.23. The third-order valence-electron chi connectivity index (χ3n) is 4.78. The van der Waals surface area contributed by atoms with E-state index in [0.717, 1.165) is 33.7 Å². The van der Waals surface area contributed by atoms with Crippen molar-refractivity contribution in [3.63, 3.8) is 0 Å². The third kappa shape index (κ3) is 4.37. The molecule has 0 saturated carbocycles. The number of amides is 1. The predicted octanol–water partition coefficient (Wildman–Crippen LogP) is 3.85. The number of hydrogen-bond acceptors (Lipinski definition) is 3. The standard InChI is InChI=1S/C22H25N3O2/c1-15-6-5-7-16(2)21(15)27-14-18-8-10-19(11-9-18)22(26)23-12-20-13-24-25(4)17(20)3/h5-11,13H,12,14H2,1-4H3,(H,23,26). The molecule has 27 heavy (non-hydrogen) atoms. The summed E-state index contributed by atoms with van der Waals surface area (Å²) in [5.74, 6) is 0.826. The smallest absolute Gasteiger partial charge is 0.251 e. The van der Waals surface area contributed by atoms with Gasteiger partial charge in [0.05, 0.1) is 6.20 Å². The van der Waals surface area contributed by atoms with Gasteiger partial charge >= 0.3 is 0 Å². The van der Waals surface area contributed by atoms with E-state index in [1.54, 1.807) is 10.9 Å². The van der Waals surface area contributed by atoms with Gasteiger partial charge in [-0.3, -0.25) is 9.48 Å². The number of aromatic nitrogens is 2. The van der Waals surface area contributed by atoms with Crippen molar-refractivity contribution in [3.8, 4) is 5.75 Å². The molecule has 2 aromatic carbocycles. The first-order valence-electron chi connectivity index (χ1n) is 8.99. The summed E-state index contributed by atoms with van der Waals surface area (Å²) in [6, 6.07) is 13.6. The lowest BCUT2D eigenvalue weighted by Gasteiger charge is -2.12. The van der Waals surface area contributed by atoms with E-state index in [4.69, 9.17) is 4.74 Å². The molecule has 0 aliphatic carbocycles. The van der Waals surface area contributed by atoms with Crippen molar-refractivity contribution >= 4 is 5.91 Å². The van der Waals surface area contributed by atoms with Gasteiger partial charge in [0.1, 0.15) is 12.4 Å². The molecule has 0 aliphatic heterocycles. The number of hydrogen-bond donors (Lipinski definition) is 1. The summed E-state index contributed by atoms with van der Waals surface area (Å²) in [7, 11) is 1.89. The van der Waals surface area contributed by atoms with Crippen LogP contribution in [0, 0.1) is 20.8 Å². The van der Waals surface area contributed by atoms with Crippen LogP contribution in [0.2, 0.25) is 0 Å². The molecule has 0 spiro atoms. The van der Waals surface area contributed by atoms with Crippen LogP contribution in [0.15, 0.2) is 48.7 Å². The Bertz CT molecular complexity index is 922. The molecular weight excluding hydrogens is 338 g/mol. The number of ether oxygens (including phenoxy) is 1. The van der Waals surface area contributed by atoms with E-state index in [2.05, 4.69) is 10.4 Å². The summed E-state index contributed by atoms with van der Waals surface area (Å²) < 4.78 is 7.76. The average Bonchev–Trinajstić information content (AvgIpc) is 2.98. The molecule has 3 aromatic rings. The fourth-order valence-corrected chi connectivity index (χ4v) is 2.93. The van der Waals surface area contributed by atoms with Gasteiger partial charge in [0.25, 0.3) is 5.91 Å². The predicted molar refractivity (Wildman–Crippen MR) is 106 cm³/mol. The molecule has 140 valence electrons. The Kier molecular flexibility index (Phi) is 5.60. The van der Waals surface area contributed by atoms with Crippen molar-refractivity contribution in [2.75, 3.05) is 0 Å². The summed E-state index contributed by atoms with van der Waals surface area (Å²) in [6.45, 7) is 7.01. The molecule has 5 nitrogen and oxygen atoms in total. The van der Waals surface area contributed by atoms with Gasteiger partial charge in [-0.05, 0) is 49.6 Å². The maximum absolute atomic E-state index is 12.3. The highest BCUT2D eigenvalue weighted by molar-refractivity contribution is 5.94. The molecule has 0 aliphatic rings. The Labute approximate surface area is 160 Å². The monoisotopic (exact) mass is 363 g/mol. The second kappa shape index (κ2) is 8.08. The Morgan fingerprint density at radius 1 is 1.07 bits per heavy atom. The number of para-hydroxylation sites is 1. The van der Waals surface area contributed by atoms with Crippen LogP contribution in [-0.2, 0) is 20.2 Å². The summed E-state index contributed by atoms with van der Waals surface area (Å²) >= 11 is 0. The lowest BCUT2D eigenvalue weighted by molar-refractivity contribution is 0.0951. The van der Waals surface area contributed by atoms with E-state index in [1.807, 2.05) is 70.3 Å². The first-order valence-corrected chi connectivity index (χ1v) is 8.99. The van der Waals surface area contributed by atoms with Crippen LogP contribution in [-0.4, -0.2) is 15.7 Å². The summed E-state index contributed by atoms with van der Waals surface area (Å²) in [6.07, 6.45) is 1.78. The van der Waals surface area contributed by atoms with Crippen molar-refractivity contribution < 1.29 is 9.53 Å². The molecule has 1 N–H and O–H groups in total. The van der Waals surface area contributed by atoms with Gasteiger partial charge in [0.15, 0.2) is 0 Å². The van der Waals surface area contributed by atoms with Gasteiger partial charge in [0.2, 0.25) is 0 Å². The van der Waals surface area contributed by atoms with E-state index in [0.29, 0.717) is 18.7 Å². The molecule has 0 saturated heterocycles. The molecule has 0 fully saturated rings. The number of rotatable bonds is 6. The number of carbonyl (C=O) groups is 1. The second-order valence-corrected chi connectivity index (χ2v) is 6.77. The lowest BCUT2D eigenvalue weighted by atomic mass is 10.1. The first-order chi connectivity index (χ1) is 13.0. The molecule has 1 amide bonds. The zero-order chi connectivity index (χ0) is 19.4. The van der Waals surface area contributed by atoms with E-state index in [-0.39, 0.29) is 5.91 Å². The van der Waals surface area contributed by atoms with Crippen LogP contribution in [0.4, 0.5) is 0 Å². The fraction of sp³-hybridized carbons (Fsp3) is 0.273. The normalized spacial score (nSPS) is 10.7. The van der Waals surface area contributed by atoms with Gasteiger partial charge < -0.3 is 10.1 Å². The molecule has 0 unspecified atom stereocenters. The summed E-state index contributed by atoms with van der Waals surface area (Å²) in [4.78, 5) is 12.3. The SMILES string of the molecule is Cc1cccc(C)c1OCc1ccc(C(=O)NCc2cnn(C)c2C)cc1. The number of aryl methyl sites for hydroxylation is 3. The zero-order valence-electron chi connectivity index (χ0n) is 16.2. The van der Waals surface area contributed by atoms with E-state index in [9.17, 15) is 4.79 Å². The molecule has 1 aromatic heterocycles. The van der Waals surface area contributed by atoms with Crippen molar-refractivity contribution in [3.05, 3.63) is 82.2 Å². The molecule has 0 atom stereocenters. The van der Waals surface area contributed by atoms with Crippen LogP contribution in [0.25, 0.3) is 0 Å².